The molecule has 0 spiro atoms. The Labute approximate surface area is 169 Å². The molecule has 1 aromatic heterocycles. The van der Waals surface area contributed by atoms with Gasteiger partial charge in [-0.15, -0.1) is 0 Å². The SMILES string of the molecule is COC(=O)c1c(C)[nH]c(C(=O)[C@@H](C)N(C)CC(=O)Nc2ccc(Cl)cc2)c1C. The summed E-state index contributed by atoms with van der Waals surface area (Å²) in [6.07, 6.45) is 0. The summed E-state index contributed by atoms with van der Waals surface area (Å²) >= 11 is 5.83. The summed E-state index contributed by atoms with van der Waals surface area (Å²) in [6.45, 7) is 5.15. The summed E-state index contributed by atoms with van der Waals surface area (Å²) in [5, 5.41) is 3.34. The van der Waals surface area contributed by atoms with Crippen LogP contribution >= 0.6 is 11.6 Å². The Morgan fingerprint density at radius 2 is 1.82 bits per heavy atom. The lowest BCUT2D eigenvalue weighted by atomic mass is 10.0. The van der Waals surface area contributed by atoms with Crippen LogP contribution in [0.4, 0.5) is 5.69 Å². The van der Waals surface area contributed by atoms with Gasteiger partial charge in [-0.25, -0.2) is 4.79 Å². The quantitative estimate of drug-likeness (QED) is 0.545. The van der Waals surface area contributed by atoms with Gasteiger partial charge in [0.05, 0.1) is 31.0 Å². The molecule has 2 N–H and O–H groups in total. The number of anilines is 1. The van der Waals surface area contributed by atoms with Crippen LogP contribution in [0.25, 0.3) is 0 Å². The number of H-pyrrole nitrogens is 1. The number of ether oxygens (including phenoxy) is 1. The first-order valence-corrected chi connectivity index (χ1v) is 9.10. The van der Waals surface area contributed by atoms with Gasteiger partial charge in [0.1, 0.15) is 0 Å². The molecule has 0 aliphatic rings. The van der Waals surface area contributed by atoms with Gasteiger partial charge in [0, 0.05) is 16.4 Å². The van der Waals surface area contributed by atoms with Crippen molar-refractivity contribution in [3.05, 3.63) is 51.8 Å². The molecule has 1 heterocycles. The molecule has 7 nitrogen and oxygen atoms in total. The van der Waals surface area contributed by atoms with Gasteiger partial charge >= 0.3 is 5.97 Å². The highest BCUT2D eigenvalue weighted by Crippen LogP contribution is 2.21. The predicted octanol–water partition coefficient (Wildman–Crippen LogP) is 3.21. The van der Waals surface area contributed by atoms with Crippen LogP contribution in [-0.4, -0.2) is 54.3 Å². The average molecular weight is 406 g/mol. The lowest BCUT2D eigenvalue weighted by Crippen LogP contribution is -2.41. The summed E-state index contributed by atoms with van der Waals surface area (Å²) in [4.78, 5) is 41.7. The monoisotopic (exact) mass is 405 g/mol. The minimum absolute atomic E-state index is 0.0259. The van der Waals surface area contributed by atoms with E-state index in [2.05, 4.69) is 10.3 Å². The van der Waals surface area contributed by atoms with E-state index in [4.69, 9.17) is 16.3 Å². The number of aryl methyl sites for hydroxylation is 1. The number of likely N-dealkylation sites (N-methyl/N-ethyl adjacent to an activating group) is 1. The Morgan fingerprint density at radius 3 is 2.39 bits per heavy atom. The van der Waals surface area contributed by atoms with Crippen molar-refractivity contribution in [2.45, 2.75) is 26.8 Å². The molecular formula is C20H24ClN3O4. The maximum atomic E-state index is 12.9. The third-order valence-corrected chi connectivity index (χ3v) is 4.89. The van der Waals surface area contributed by atoms with Crippen molar-refractivity contribution in [1.82, 2.24) is 9.88 Å². The number of carbonyl (C=O) groups is 3. The molecule has 28 heavy (non-hydrogen) atoms. The standard InChI is InChI=1S/C20H24ClN3O4/c1-11-17(20(27)28-5)12(2)22-18(11)19(26)13(3)24(4)10-16(25)23-15-8-6-14(21)7-9-15/h6-9,13,22H,10H2,1-5H3,(H,23,25)/t13-/m1/s1. The van der Waals surface area contributed by atoms with Crippen molar-refractivity contribution in [3.8, 4) is 0 Å². The third-order valence-electron chi connectivity index (χ3n) is 4.64. The van der Waals surface area contributed by atoms with Crippen LogP contribution in [0.2, 0.25) is 5.02 Å². The summed E-state index contributed by atoms with van der Waals surface area (Å²) in [7, 11) is 2.99. The number of hydrogen-bond acceptors (Lipinski definition) is 5. The number of hydrogen-bond donors (Lipinski definition) is 2. The van der Waals surface area contributed by atoms with E-state index in [-0.39, 0.29) is 18.2 Å². The second kappa shape index (κ2) is 9.03. The van der Waals surface area contributed by atoms with E-state index < -0.39 is 12.0 Å². The number of halogens is 1. The van der Waals surface area contributed by atoms with Gasteiger partial charge in [-0.05, 0) is 57.6 Å². The molecule has 2 aromatic rings. The zero-order chi connectivity index (χ0) is 21.0. The smallest absolute Gasteiger partial charge is 0.339 e. The van der Waals surface area contributed by atoms with Crippen molar-refractivity contribution in [2.75, 3.05) is 26.0 Å². The number of amides is 1. The summed E-state index contributed by atoms with van der Waals surface area (Å²) in [5.74, 6) is -0.953. The van der Waals surface area contributed by atoms with E-state index in [1.54, 1.807) is 57.0 Å². The summed E-state index contributed by atoms with van der Waals surface area (Å²) < 4.78 is 4.77. The average Bonchev–Trinajstić information content (AvgIpc) is 2.95. The van der Waals surface area contributed by atoms with Crippen LogP contribution in [0, 0.1) is 13.8 Å². The molecular weight excluding hydrogens is 382 g/mol. The van der Waals surface area contributed by atoms with Gasteiger partial charge in [-0.1, -0.05) is 11.6 Å². The van der Waals surface area contributed by atoms with Gasteiger partial charge in [0.25, 0.3) is 0 Å². The molecule has 0 aliphatic heterocycles. The lowest BCUT2D eigenvalue weighted by molar-refractivity contribution is -0.117. The largest absolute Gasteiger partial charge is 0.465 e. The topological polar surface area (TPSA) is 91.5 Å². The molecule has 150 valence electrons. The Morgan fingerprint density at radius 1 is 1.21 bits per heavy atom. The number of rotatable bonds is 7. The normalized spacial score (nSPS) is 12.0. The van der Waals surface area contributed by atoms with Crippen LogP contribution in [0.15, 0.2) is 24.3 Å². The summed E-state index contributed by atoms with van der Waals surface area (Å²) in [5.41, 5.74) is 2.44. The summed E-state index contributed by atoms with van der Waals surface area (Å²) in [6, 6.07) is 6.20. The molecule has 1 amide bonds. The zero-order valence-corrected chi connectivity index (χ0v) is 17.3. The van der Waals surface area contributed by atoms with Gasteiger partial charge in [0.15, 0.2) is 5.78 Å². The van der Waals surface area contributed by atoms with E-state index in [9.17, 15) is 14.4 Å². The van der Waals surface area contributed by atoms with Crippen LogP contribution in [0.5, 0.6) is 0 Å². The first kappa shape index (κ1) is 21.7. The maximum Gasteiger partial charge on any atom is 0.339 e. The lowest BCUT2D eigenvalue weighted by Gasteiger charge is -2.23. The number of carbonyl (C=O) groups excluding carboxylic acids is 3. The fraction of sp³-hybridized carbons (Fsp3) is 0.350. The first-order chi connectivity index (χ1) is 13.1. The second-order valence-electron chi connectivity index (χ2n) is 6.63. The number of aromatic nitrogens is 1. The number of ketones is 1. The van der Waals surface area contributed by atoms with Gasteiger partial charge in [-0.3, -0.25) is 14.5 Å². The van der Waals surface area contributed by atoms with Crippen molar-refractivity contribution in [3.63, 3.8) is 0 Å². The number of aromatic amines is 1. The van der Waals surface area contributed by atoms with E-state index in [0.717, 1.165) is 0 Å². The highest BCUT2D eigenvalue weighted by atomic mass is 35.5. The van der Waals surface area contributed by atoms with Crippen LogP contribution < -0.4 is 5.32 Å². The highest BCUT2D eigenvalue weighted by molar-refractivity contribution is 6.30. The van der Waals surface area contributed by atoms with Crippen LogP contribution in [0.3, 0.4) is 0 Å². The molecule has 0 bridgehead atoms. The number of Topliss-reactive ketones (excluding diaryl/α,β-unsaturated/α-hetero) is 1. The van der Waals surface area contributed by atoms with E-state index in [1.165, 1.54) is 7.11 Å². The fourth-order valence-corrected chi connectivity index (χ4v) is 3.04. The minimum atomic E-state index is -0.571. The molecule has 0 aliphatic carbocycles. The van der Waals surface area contributed by atoms with Crippen molar-refractivity contribution in [2.24, 2.45) is 0 Å². The minimum Gasteiger partial charge on any atom is -0.465 e. The number of nitrogens with one attached hydrogen (secondary N) is 2. The zero-order valence-electron chi connectivity index (χ0n) is 16.6. The first-order valence-electron chi connectivity index (χ1n) is 8.73. The molecule has 0 saturated carbocycles. The fourth-order valence-electron chi connectivity index (χ4n) is 2.91. The van der Waals surface area contributed by atoms with Gasteiger partial charge in [0.2, 0.25) is 5.91 Å². The molecule has 0 unspecified atom stereocenters. The van der Waals surface area contributed by atoms with Crippen molar-refractivity contribution in [1.29, 1.82) is 0 Å². The molecule has 2 rings (SSSR count). The molecule has 0 radical (unpaired) electrons. The van der Waals surface area contributed by atoms with Gasteiger partial charge in [-0.2, -0.15) is 0 Å². The third kappa shape index (κ3) is 4.79. The van der Waals surface area contributed by atoms with E-state index >= 15 is 0 Å². The Bertz CT molecular complexity index is 890. The van der Waals surface area contributed by atoms with E-state index in [1.807, 2.05) is 0 Å². The maximum absolute atomic E-state index is 12.9. The number of benzene rings is 1. The molecule has 1 aromatic carbocycles. The Hall–Kier alpha value is -2.64. The van der Waals surface area contributed by atoms with Crippen molar-refractivity contribution < 1.29 is 19.1 Å². The predicted molar refractivity (Wildman–Crippen MR) is 108 cm³/mol. The second-order valence-corrected chi connectivity index (χ2v) is 7.06. The van der Waals surface area contributed by atoms with Crippen molar-refractivity contribution >= 4 is 34.9 Å². The Balaban J connectivity index is 2.07. The Kier molecular flexibility index (Phi) is 6.99. The van der Waals surface area contributed by atoms with Crippen LogP contribution in [-0.2, 0) is 9.53 Å². The van der Waals surface area contributed by atoms with Crippen LogP contribution in [0.1, 0.15) is 39.0 Å². The number of esters is 1. The van der Waals surface area contributed by atoms with E-state index in [0.29, 0.717) is 33.2 Å². The highest BCUT2D eigenvalue weighted by Gasteiger charge is 2.27. The molecule has 0 saturated heterocycles. The number of nitrogens with zero attached hydrogens (tertiary/aromatic N) is 1. The molecule has 0 fully saturated rings. The number of methoxy groups -OCH3 is 1. The van der Waals surface area contributed by atoms with Gasteiger partial charge < -0.3 is 15.0 Å². The molecule has 1 atom stereocenters. The molecule has 8 heteroatoms.